The topological polar surface area (TPSA) is 45.8 Å². The molecule has 58 valence electrons. The zero-order chi connectivity index (χ0) is 7.84. The number of H-pyrrole nitrogens is 1. The summed E-state index contributed by atoms with van der Waals surface area (Å²) in [4.78, 5) is 18.0. The zero-order valence-electron chi connectivity index (χ0n) is 6.42. The lowest BCUT2D eigenvalue weighted by Crippen LogP contribution is -2.12. The van der Waals surface area contributed by atoms with Gasteiger partial charge in [0.15, 0.2) is 0 Å². The monoisotopic (exact) mass is 150 g/mol. The number of aromatic nitrogens is 2. The van der Waals surface area contributed by atoms with Crippen LogP contribution in [0.25, 0.3) is 0 Å². The summed E-state index contributed by atoms with van der Waals surface area (Å²) in [5.74, 6) is 1.39. The average Bonchev–Trinajstić information content (AvgIpc) is 2.77. The highest BCUT2D eigenvalue weighted by molar-refractivity contribution is 5.09. The van der Waals surface area contributed by atoms with Gasteiger partial charge in [-0.3, -0.25) is 4.79 Å². The quantitative estimate of drug-likeness (QED) is 0.648. The number of aryl methyl sites for hydroxylation is 1. The maximum Gasteiger partial charge on any atom is 0.253 e. The van der Waals surface area contributed by atoms with Gasteiger partial charge in [0.2, 0.25) is 0 Å². The molecule has 0 spiro atoms. The molecule has 0 aromatic carbocycles. The van der Waals surface area contributed by atoms with Crippen LogP contribution < -0.4 is 5.56 Å². The van der Waals surface area contributed by atoms with Crippen molar-refractivity contribution >= 4 is 0 Å². The fraction of sp³-hybridized carbons (Fsp3) is 0.500. The molecule has 2 rings (SSSR count). The molecule has 0 bridgehead atoms. The van der Waals surface area contributed by atoms with Crippen molar-refractivity contribution in [2.75, 3.05) is 0 Å². The lowest BCUT2D eigenvalue weighted by Gasteiger charge is -1.95. The first kappa shape index (κ1) is 6.58. The number of hydrogen-bond acceptors (Lipinski definition) is 2. The Balaban J connectivity index is 2.44. The van der Waals surface area contributed by atoms with E-state index in [4.69, 9.17) is 0 Å². The number of aromatic amines is 1. The summed E-state index contributed by atoms with van der Waals surface area (Å²) < 4.78 is 0. The summed E-state index contributed by atoms with van der Waals surface area (Å²) in [7, 11) is 0. The fourth-order valence-corrected chi connectivity index (χ4v) is 1.04. The molecular formula is C8H10N2O. The Kier molecular flexibility index (Phi) is 1.31. The van der Waals surface area contributed by atoms with Gasteiger partial charge in [-0.25, -0.2) is 4.98 Å². The molecule has 1 heterocycles. The van der Waals surface area contributed by atoms with E-state index < -0.39 is 0 Å². The summed E-state index contributed by atoms with van der Waals surface area (Å²) in [6, 6.07) is 0. The van der Waals surface area contributed by atoms with Crippen LogP contribution in [0.15, 0.2) is 11.0 Å². The first-order valence-corrected chi connectivity index (χ1v) is 3.83. The van der Waals surface area contributed by atoms with Crippen molar-refractivity contribution in [2.45, 2.75) is 25.7 Å². The zero-order valence-corrected chi connectivity index (χ0v) is 6.42. The van der Waals surface area contributed by atoms with E-state index in [9.17, 15) is 4.79 Å². The highest BCUT2D eigenvalue weighted by atomic mass is 16.1. The molecule has 1 aliphatic carbocycles. The van der Waals surface area contributed by atoms with Gasteiger partial charge in [-0.1, -0.05) is 0 Å². The Morgan fingerprint density at radius 1 is 1.64 bits per heavy atom. The van der Waals surface area contributed by atoms with E-state index >= 15 is 0 Å². The maximum absolute atomic E-state index is 11.1. The molecule has 0 aliphatic heterocycles. The minimum atomic E-state index is 0.00176. The van der Waals surface area contributed by atoms with Gasteiger partial charge < -0.3 is 4.98 Å². The Hall–Kier alpha value is -1.12. The van der Waals surface area contributed by atoms with E-state index in [-0.39, 0.29) is 5.56 Å². The van der Waals surface area contributed by atoms with E-state index in [1.165, 1.54) is 12.8 Å². The highest BCUT2D eigenvalue weighted by Gasteiger charge is 2.25. The van der Waals surface area contributed by atoms with Gasteiger partial charge in [-0.05, 0) is 19.8 Å². The molecule has 0 unspecified atom stereocenters. The minimum Gasteiger partial charge on any atom is -0.310 e. The van der Waals surface area contributed by atoms with Gasteiger partial charge in [0.25, 0.3) is 5.56 Å². The van der Waals surface area contributed by atoms with Crippen molar-refractivity contribution in [3.63, 3.8) is 0 Å². The standard InChI is InChI=1S/C8H10N2O/c1-5-4-9-7(6-2-3-6)10-8(5)11/h4,6H,2-3H2,1H3,(H,9,10,11). The van der Waals surface area contributed by atoms with E-state index in [1.54, 1.807) is 13.1 Å². The maximum atomic E-state index is 11.1. The van der Waals surface area contributed by atoms with Crippen LogP contribution in [-0.4, -0.2) is 9.97 Å². The van der Waals surface area contributed by atoms with Gasteiger partial charge in [-0.2, -0.15) is 0 Å². The van der Waals surface area contributed by atoms with Gasteiger partial charge in [0.1, 0.15) is 5.82 Å². The minimum absolute atomic E-state index is 0.00176. The van der Waals surface area contributed by atoms with Crippen molar-refractivity contribution in [3.8, 4) is 0 Å². The third-order valence-electron chi connectivity index (χ3n) is 1.96. The number of nitrogens with zero attached hydrogens (tertiary/aromatic N) is 1. The second-order valence-corrected chi connectivity index (χ2v) is 3.05. The van der Waals surface area contributed by atoms with Crippen molar-refractivity contribution in [1.29, 1.82) is 0 Å². The van der Waals surface area contributed by atoms with Crippen LogP contribution in [0.5, 0.6) is 0 Å². The van der Waals surface area contributed by atoms with Crippen LogP contribution in [-0.2, 0) is 0 Å². The summed E-state index contributed by atoms with van der Waals surface area (Å²) in [6.07, 6.45) is 3.99. The Morgan fingerprint density at radius 2 is 2.36 bits per heavy atom. The van der Waals surface area contributed by atoms with Crippen LogP contribution in [0.3, 0.4) is 0 Å². The molecule has 3 nitrogen and oxygen atoms in total. The van der Waals surface area contributed by atoms with Crippen molar-refractivity contribution in [2.24, 2.45) is 0 Å². The average molecular weight is 150 g/mol. The van der Waals surface area contributed by atoms with E-state index in [0.717, 1.165) is 5.82 Å². The van der Waals surface area contributed by atoms with Gasteiger partial charge >= 0.3 is 0 Å². The van der Waals surface area contributed by atoms with E-state index in [1.807, 2.05) is 0 Å². The molecule has 1 fully saturated rings. The second kappa shape index (κ2) is 2.19. The summed E-state index contributed by atoms with van der Waals surface area (Å²) in [6.45, 7) is 1.77. The molecule has 0 saturated heterocycles. The Morgan fingerprint density at radius 3 is 2.91 bits per heavy atom. The summed E-state index contributed by atoms with van der Waals surface area (Å²) >= 11 is 0. The summed E-state index contributed by atoms with van der Waals surface area (Å²) in [5.41, 5.74) is 0.691. The smallest absolute Gasteiger partial charge is 0.253 e. The summed E-state index contributed by atoms with van der Waals surface area (Å²) in [5, 5.41) is 0. The molecule has 3 heteroatoms. The molecule has 0 amide bonds. The predicted octanol–water partition coefficient (Wildman–Crippen LogP) is 0.956. The van der Waals surface area contributed by atoms with E-state index in [0.29, 0.717) is 11.5 Å². The van der Waals surface area contributed by atoms with E-state index in [2.05, 4.69) is 9.97 Å². The molecule has 1 N–H and O–H groups in total. The molecule has 0 radical (unpaired) electrons. The number of rotatable bonds is 1. The normalized spacial score (nSPS) is 16.8. The number of nitrogens with one attached hydrogen (secondary N) is 1. The fourth-order valence-electron chi connectivity index (χ4n) is 1.04. The largest absolute Gasteiger partial charge is 0.310 e. The van der Waals surface area contributed by atoms with Crippen molar-refractivity contribution < 1.29 is 0 Å². The lowest BCUT2D eigenvalue weighted by atomic mass is 10.3. The van der Waals surface area contributed by atoms with Gasteiger partial charge in [0.05, 0.1) is 0 Å². The van der Waals surface area contributed by atoms with Crippen LogP contribution >= 0.6 is 0 Å². The third-order valence-corrected chi connectivity index (χ3v) is 1.96. The van der Waals surface area contributed by atoms with Crippen molar-refractivity contribution in [3.05, 3.63) is 27.9 Å². The Labute approximate surface area is 64.5 Å². The molecule has 1 aromatic heterocycles. The SMILES string of the molecule is Cc1cnc(C2CC2)[nH]c1=O. The predicted molar refractivity (Wildman–Crippen MR) is 41.6 cm³/mol. The van der Waals surface area contributed by atoms with Crippen molar-refractivity contribution in [1.82, 2.24) is 9.97 Å². The van der Waals surface area contributed by atoms with Gasteiger partial charge in [-0.15, -0.1) is 0 Å². The third kappa shape index (κ3) is 1.18. The molecular weight excluding hydrogens is 140 g/mol. The molecule has 1 saturated carbocycles. The van der Waals surface area contributed by atoms with Crippen LogP contribution in [0.4, 0.5) is 0 Å². The first-order chi connectivity index (χ1) is 5.27. The second-order valence-electron chi connectivity index (χ2n) is 3.05. The van der Waals surface area contributed by atoms with Crippen LogP contribution in [0, 0.1) is 6.92 Å². The Bertz CT molecular complexity index is 325. The molecule has 1 aliphatic rings. The number of hydrogen-bond donors (Lipinski definition) is 1. The first-order valence-electron chi connectivity index (χ1n) is 3.83. The molecule has 1 aromatic rings. The molecule has 11 heavy (non-hydrogen) atoms. The molecule has 0 atom stereocenters. The highest BCUT2D eigenvalue weighted by Crippen LogP contribution is 2.37. The lowest BCUT2D eigenvalue weighted by molar-refractivity contribution is 0.896. The van der Waals surface area contributed by atoms with Crippen LogP contribution in [0.1, 0.15) is 30.1 Å². The van der Waals surface area contributed by atoms with Crippen LogP contribution in [0.2, 0.25) is 0 Å². The van der Waals surface area contributed by atoms with Gasteiger partial charge in [0, 0.05) is 17.7 Å².